The molecule has 3 aromatic rings. The van der Waals surface area contributed by atoms with Crippen LogP contribution in [-0.4, -0.2) is 51.4 Å². The molecule has 1 aliphatic carbocycles. The average Bonchev–Trinajstić information content (AvgIpc) is 3.20. The lowest BCUT2D eigenvalue weighted by Crippen LogP contribution is -2.32. The lowest BCUT2D eigenvalue weighted by Gasteiger charge is -2.29. The predicted octanol–water partition coefficient (Wildman–Crippen LogP) is 3.71. The Morgan fingerprint density at radius 1 is 1.05 bits per heavy atom. The molecule has 198 valence electrons. The highest BCUT2D eigenvalue weighted by atomic mass is 35.5. The van der Waals surface area contributed by atoms with Crippen LogP contribution < -0.4 is 16.4 Å². The minimum Gasteiger partial charge on any atom is -0.369 e. The van der Waals surface area contributed by atoms with E-state index in [1.54, 1.807) is 4.57 Å². The quantitative estimate of drug-likeness (QED) is 0.419. The number of sulfone groups is 1. The van der Waals surface area contributed by atoms with Gasteiger partial charge >= 0.3 is 0 Å². The summed E-state index contributed by atoms with van der Waals surface area (Å²) in [6.45, 7) is 0. The lowest BCUT2D eigenvalue weighted by molar-refractivity contribution is -0.122. The Kier molecular flexibility index (Phi) is 6.92. The van der Waals surface area contributed by atoms with E-state index in [1.807, 2.05) is 0 Å². The van der Waals surface area contributed by atoms with Crippen LogP contribution in [0.15, 0.2) is 18.3 Å². The highest BCUT2D eigenvalue weighted by Gasteiger charge is 2.30. The van der Waals surface area contributed by atoms with Gasteiger partial charge in [0, 0.05) is 23.0 Å². The van der Waals surface area contributed by atoms with Gasteiger partial charge in [0.1, 0.15) is 21.0 Å². The topological polar surface area (TPSA) is 145 Å². The molecule has 1 amide bonds. The van der Waals surface area contributed by atoms with Crippen molar-refractivity contribution in [2.45, 2.75) is 50.6 Å². The van der Waals surface area contributed by atoms with E-state index in [9.17, 15) is 22.0 Å². The number of hydrogen-bond donors (Lipinski definition) is 3. The maximum atomic E-state index is 14.6. The van der Waals surface area contributed by atoms with Gasteiger partial charge in [0.05, 0.1) is 17.7 Å². The molecule has 2 fully saturated rings. The minimum absolute atomic E-state index is 0.0732. The zero-order valence-electron chi connectivity index (χ0n) is 19.8. The van der Waals surface area contributed by atoms with Gasteiger partial charge in [-0.05, 0) is 50.7 Å². The number of amides is 1. The summed E-state index contributed by atoms with van der Waals surface area (Å²) >= 11 is 5.77. The molecular weight excluding hydrogens is 528 g/mol. The van der Waals surface area contributed by atoms with Crippen molar-refractivity contribution < 1.29 is 22.0 Å². The Morgan fingerprint density at radius 2 is 1.70 bits per heavy atom. The van der Waals surface area contributed by atoms with Gasteiger partial charge in [-0.15, -0.1) is 0 Å². The van der Waals surface area contributed by atoms with Crippen molar-refractivity contribution in [1.29, 1.82) is 0 Å². The number of primary amides is 1. The molecule has 14 heteroatoms. The second-order valence-electron chi connectivity index (χ2n) is 9.56. The first-order valence-electron chi connectivity index (χ1n) is 12.0. The molecule has 1 saturated heterocycles. The maximum absolute atomic E-state index is 14.6. The Balaban J connectivity index is 1.50. The number of benzene rings is 1. The Labute approximate surface area is 216 Å². The van der Waals surface area contributed by atoms with Crippen LogP contribution in [0, 0.1) is 17.6 Å². The second kappa shape index (κ2) is 10.0. The SMILES string of the molecule is NC(=O)C1CCC(n2c(Nc3c(F)cc(Cl)cc3F)nc3cnc(NC4CCS(=O)(=O)CC4)nc32)CC1. The van der Waals surface area contributed by atoms with Crippen molar-refractivity contribution in [3.63, 3.8) is 0 Å². The molecule has 0 atom stereocenters. The van der Waals surface area contributed by atoms with E-state index in [4.69, 9.17) is 17.3 Å². The number of nitrogens with two attached hydrogens (primary N) is 1. The van der Waals surface area contributed by atoms with E-state index in [0.717, 1.165) is 12.1 Å². The normalized spacial score (nSPS) is 22.1. The van der Waals surface area contributed by atoms with Gasteiger partial charge in [-0.3, -0.25) is 9.36 Å². The number of aromatic nitrogens is 4. The fourth-order valence-electron chi connectivity index (χ4n) is 5.00. The smallest absolute Gasteiger partial charge is 0.224 e. The molecule has 0 bridgehead atoms. The molecule has 5 rings (SSSR count). The summed E-state index contributed by atoms with van der Waals surface area (Å²) in [5, 5.41) is 5.89. The molecule has 4 N–H and O–H groups in total. The van der Waals surface area contributed by atoms with Gasteiger partial charge in [-0.2, -0.15) is 4.98 Å². The first kappa shape index (κ1) is 25.6. The van der Waals surface area contributed by atoms with Crippen LogP contribution in [0.3, 0.4) is 0 Å². The largest absolute Gasteiger partial charge is 0.369 e. The van der Waals surface area contributed by atoms with Crippen molar-refractivity contribution in [3.8, 4) is 0 Å². The molecule has 2 aromatic heterocycles. The van der Waals surface area contributed by atoms with Crippen molar-refractivity contribution in [3.05, 3.63) is 35.0 Å². The molecule has 0 radical (unpaired) electrons. The summed E-state index contributed by atoms with van der Waals surface area (Å²) in [5.74, 6) is -1.65. The van der Waals surface area contributed by atoms with Crippen LogP contribution in [0.1, 0.15) is 44.6 Å². The van der Waals surface area contributed by atoms with E-state index < -0.39 is 27.2 Å². The van der Waals surface area contributed by atoms with Gasteiger partial charge in [0.25, 0.3) is 0 Å². The number of hydrogen-bond acceptors (Lipinski definition) is 8. The number of carbonyl (C=O) groups excluding carboxylic acids is 1. The van der Waals surface area contributed by atoms with Crippen LogP contribution in [0.4, 0.5) is 26.4 Å². The van der Waals surface area contributed by atoms with Crippen molar-refractivity contribution >= 4 is 56.1 Å². The van der Waals surface area contributed by atoms with Crippen LogP contribution in [0.2, 0.25) is 5.02 Å². The highest BCUT2D eigenvalue weighted by molar-refractivity contribution is 7.91. The van der Waals surface area contributed by atoms with Gasteiger partial charge in [-0.25, -0.2) is 27.2 Å². The van der Waals surface area contributed by atoms with E-state index in [-0.39, 0.29) is 46.4 Å². The fraction of sp³-hybridized carbons (Fsp3) is 0.478. The Bertz CT molecular complexity index is 1420. The lowest BCUT2D eigenvalue weighted by atomic mass is 9.85. The monoisotopic (exact) mass is 553 g/mol. The van der Waals surface area contributed by atoms with E-state index in [0.29, 0.717) is 55.6 Å². The predicted molar refractivity (Wildman–Crippen MR) is 135 cm³/mol. The van der Waals surface area contributed by atoms with Crippen LogP contribution in [-0.2, 0) is 14.6 Å². The summed E-state index contributed by atoms with van der Waals surface area (Å²) in [6.07, 6.45) is 4.71. The average molecular weight is 554 g/mol. The van der Waals surface area contributed by atoms with E-state index in [1.165, 1.54) is 6.20 Å². The first-order valence-corrected chi connectivity index (χ1v) is 14.2. The molecule has 2 aliphatic rings. The number of anilines is 3. The van der Waals surface area contributed by atoms with Gasteiger partial charge in [0.15, 0.2) is 17.3 Å². The first-order chi connectivity index (χ1) is 17.6. The number of imidazole rings is 1. The maximum Gasteiger partial charge on any atom is 0.224 e. The third kappa shape index (κ3) is 5.47. The van der Waals surface area contributed by atoms with Gasteiger partial charge < -0.3 is 16.4 Å². The van der Waals surface area contributed by atoms with E-state index >= 15 is 0 Å². The van der Waals surface area contributed by atoms with Gasteiger partial charge in [-0.1, -0.05) is 11.6 Å². The van der Waals surface area contributed by atoms with Crippen molar-refractivity contribution in [1.82, 2.24) is 19.5 Å². The summed E-state index contributed by atoms with van der Waals surface area (Å²) in [7, 11) is -3.02. The molecular formula is C23H26ClF2N7O3S. The number of carbonyl (C=O) groups is 1. The molecule has 0 unspecified atom stereocenters. The third-order valence-corrected chi connectivity index (χ3v) is 8.96. The van der Waals surface area contributed by atoms with E-state index in [2.05, 4.69) is 25.6 Å². The molecule has 10 nitrogen and oxygen atoms in total. The van der Waals surface area contributed by atoms with Crippen molar-refractivity contribution in [2.24, 2.45) is 11.7 Å². The summed E-state index contributed by atoms with van der Waals surface area (Å²) in [4.78, 5) is 25.2. The molecule has 3 heterocycles. The van der Waals surface area contributed by atoms with Crippen LogP contribution in [0.5, 0.6) is 0 Å². The molecule has 1 aromatic carbocycles. The molecule has 1 aliphatic heterocycles. The molecule has 37 heavy (non-hydrogen) atoms. The number of rotatable bonds is 6. The number of fused-ring (bicyclic) bond motifs is 1. The number of nitrogens with zero attached hydrogens (tertiary/aromatic N) is 4. The minimum atomic E-state index is -3.02. The summed E-state index contributed by atoms with van der Waals surface area (Å²) < 4.78 is 54.5. The van der Waals surface area contributed by atoms with Crippen molar-refractivity contribution in [2.75, 3.05) is 22.1 Å². The van der Waals surface area contributed by atoms with Crippen LogP contribution in [0.25, 0.3) is 11.2 Å². The van der Waals surface area contributed by atoms with Crippen LogP contribution >= 0.6 is 11.6 Å². The molecule has 0 spiro atoms. The standard InChI is InChI=1S/C23H26ClF2N7O3S/c24-13-9-16(25)19(17(26)10-13)31-23-30-18-11-28-22(29-14-5-7-37(35,36)8-6-14)32-21(18)33(23)15-3-1-12(2-4-15)20(27)34/h9-12,14-15H,1-8H2,(H2,27,34)(H,30,31)(H,28,29,32). The fourth-order valence-corrected chi connectivity index (χ4v) is 6.69. The zero-order valence-corrected chi connectivity index (χ0v) is 21.3. The number of halogens is 3. The van der Waals surface area contributed by atoms with Gasteiger partial charge in [0.2, 0.25) is 17.8 Å². The summed E-state index contributed by atoms with van der Waals surface area (Å²) in [5.41, 5.74) is 5.95. The highest BCUT2D eigenvalue weighted by Crippen LogP contribution is 2.37. The summed E-state index contributed by atoms with van der Waals surface area (Å²) in [6, 6.07) is 1.75. The zero-order chi connectivity index (χ0) is 26.3. The Hall–Kier alpha value is -3.06. The third-order valence-electron chi connectivity index (χ3n) is 7.03. The number of nitrogens with one attached hydrogen (secondary N) is 2. The Morgan fingerprint density at radius 3 is 2.32 bits per heavy atom. The molecule has 1 saturated carbocycles. The second-order valence-corrected chi connectivity index (χ2v) is 12.3.